The number of rotatable bonds is 11. The number of amides is 1. The van der Waals surface area contributed by atoms with E-state index in [2.05, 4.69) is 20.0 Å². The Bertz CT molecular complexity index is 1620. The first-order valence-electron chi connectivity index (χ1n) is 13.1. The van der Waals surface area contributed by atoms with Crippen LogP contribution in [0.25, 0.3) is 16.9 Å². The summed E-state index contributed by atoms with van der Waals surface area (Å²) in [5.41, 5.74) is -0.550. The maximum absolute atomic E-state index is 13.5. The largest absolute Gasteiger partial charge is 0.569 e. The van der Waals surface area contributed by atoms with Gasteiger partial charge in [0.1, 0.15) is 0 Å². The summed E-state index contributed by atoms with van der Waals surface area (Å²) in [7, 11) is -4.47. The van der Waals surface area contributed by atoms with Crippen LogP contribution in [-0.2, 0) is 35.4 Å². The lowest BCUT2D eigenvalue weighted by Gasteiger charge is -2.29. The highest BCUT2D eigenvalue weighted by molar-refractivity contribution is 7.90. The number of nitrogens with one attached hydrogen (secondary N) is 1. The van der Waals surface area contributed by atoms with Crippen molar-refractivity contribution in [2.45, 2.75) is 57.7 Å². The molecule has 0 radical (unpaired) electrons. The summed E-state index contributed by atoms with van der Waals surface area (Å²) in [4.78, 5) is 28.0. The average Bonchev–Trinajstić information content (AvgIpc) is 3.40. The third kappa shape index (κ3) is 8.68. The molecule has 44 heavy (non-hydrogen) atoms. The maximum Gasteiger partial charge on any atom is 0.435 e. The van der Waals surface area contributed by atoms with Crippen molar-refractivity contribution >= 4 is 21.9 Å². The number of esters is 1. The van der Waals surface area contributed by atoms with Gasteiger partial charge < -0.3 is 14.8 Å². The zero-order valence-corrected chi connectivity index (χ0v) is 25.3. The van der Waals surface area contributed by atoms with Crippen molar-refractivity contribution in [3.05, 3.63) is 71.1 Å². The van der Waals surface area contributed by atoms with Gasteiger partial charge in [0.15, 0.2) is 12.2 Å². The van der Waals surface area contributed by atoms with E-state index in [0.29, 0.717) is 5.56 Å². The summed E-state index contributed by atoms with van der Waals surface area (Å²) in [6.07, 6.45) is -4.65. The molecule has 3 rings (SSSR count). The molecule has 0 spiro atoms. The highest BCUT2D eigenvalue weighted by Gasteiger charge is 2.36. The zero-order valence-electron chi connectivity index (χ0n) is 24.5. The van der Waals surface area contributed by atoms with Crippen LogP contribution in [0.2, 0.25) is 0 Å². The van der Waals surface area contributed by atoms with Crippen LogP contribution in [0.4, 0.5) is 13.2 Å². The number of alkyl halides is 3. The number of nitrogens with zero attached hydrogens (tertiary/aromatic N) is 5. The normalized spacial score (nSPS) is 12.5. The number of sulfonamides is 1. The predicted octanol–water partition coefficient (Wildman–Crippen LogP) is 4.49. The van der Waals surface area contributed by atoms with Gasteiger partial charge >= 0.3 is 12.1 Å². The molecule has 0 saturated heterocycles. The Morgan fingerprint density at radius 3 is 2.25 bits per heavy atom. The van der Waals surface area contributed by atoms with Crippen molar-refractivity contribution in [2.24, 2.45) is 5.28 Å². The second-order valence-corrected chi connectivity index (χ2v) is 12.1. The highest BCUT2D eigenvalue weighted by atomic mass is 32.2. The summed E-state index contributed by atoms with van der Waals surface area (Å²) >= 11 is 0. The Hall–Kier alpha value is -4.67. The first-order chi connectivity index (χ1) is 20.4. The maximum atomic E-state index is 13.5. The Labute approximate surface area is 251 Å². The van der Waals surface area contributed by atoms with Crippen LogP contribution >= 0.6 is 0 Å². The van der Waals surface area contributed by atoms with E-state index in [-0.39, 0.29) is 27.7 Å². The van der Waals surface area contributed by atoms with E-state index in [0.717, 1.165) is 33.5 Å². The third-order valence-corrected chi connectivity index (χ3v) is 7.34. The van der Waals surface area contributed by atoms with Gasteiger partial charge in [0, 0.05) is 12.0 Å². The number of hydrogen-bond acceptors (Lipinski definition) is 9. The Morgan fingerprint density at radius 2 is 1.70 bits per heavy atom. The fourth-order valence-electron chi connectivity index (χ4n) is 3.66. The van der Waals surface area contributed by atoms with Crippen LogP contribution in [0.3, 0.4) is 0 Å². The molecule has 1 amide bonds. The molecular formula is C27H31F3N6O7S. The molecule has 0 aliphatic heterocycles. The van der Waals surface area contributed by atoms with E-state index >= 15 is 0 Å². The quantitative estimate of drug-likeness (QED) is 0.0796. The van der Waals surface area contributed by atoms with Crippen LogP contribution in [0, 0.1) is 12.1 Å². The van der Waals surface area contributed by atoms with Crippen molar-refractivity contribution < 1.29 is 45.7 Å². The molecule has 3 aromatic rings. The summed E-state index contributed by atoms with van der Waals surface area (Å²) in [6.45, 7) is 6.62. The average molecular weight is 641 g/mol. The predicted molar refractivity (Wildman–Crippen MR) is 149 cm³/mol. The number of aryl methyl sites for hydroxylation is 1. The van der Waals surface area contributed by atoms with Crippen LogP contribution in [0.5, 0.6) is 0 Å². The van der Waals surface area contributed by atoms with Gasteiger partial charge in [-0.1, -0.05) is 36.8 Å². The minimum atomic E-state index is -4.72. The van der Waals surface area contributed by atoms with E-state index in [1.54, 1.807) is 52.0 Å². The van der Waals surface area contributed by atoms with Gasteiger partial charge in [-0.25, -0.2) is 17.8 Å². The van der Waals surface area contributed by atoms with Gasteiger partial charge in [-0.3, -0.25) is 9.59 Å². The Morgan fingerprint density at radius 1 is 1.09 bits per heavy atom. The van der Waals surface area contributed by atoms with Crippen LogP contribution in [-0.4, -0.2) is 58.9 Å². The lowest BCUT2D eigenvalue weighted by molar-refractivity contribution is -0.723. The Kier molecular flexibility index (Phi) is 10.2. The molecule has 1 heterocycles. The topological polar surface area (TPSA) is 158 Å². The van der Waals surface area contributed by atoms with Crippen molar-refractivity contribution in [1.82, 2.24) is 19.5 Å². The van der Waals surface area contributed by atoms with Gasteiger partial charge in [-0.15, -0.1) is 5.01 Å². The van der Waals surface area contributed by atoms with E-state index in [1.165, 1.54) is 12.1 Å². The first-order valence-corrected chi connectivity index (χ1v) is 14.5. The van der Waals surface area contributed by atoms with Crippen molar-refractivity contribution in [3.8, 4) is 16.9 Å². The van der Waals surface area contributed by atoms with Crippen molar-refractivity contribution in [3.63, 3.8) is 0 Å². The van der Waals surface area contributed by atoms with E-state index < -0.39 is 52.6 Å². The summed E-state index contributed by atoms with van der Waals surface area (Å²) in [5, 5.41) is 20.2. The van der Waals surface area contributed by atoms with E-state index in [1.807, 2.05) is 11.6 Å². The molecule has 1 aromatic heterocycles. The number of hydrogen-bond donors (Lipinski definition) is 1. The van der Waals surface area contributed by atoms with E-state index in [4.69, 9.17) is 0 Å². The standard InChI is InChI=1S/C27H31F3N6O7S/c1-6-25(38)42-17-43-33-36(39)34(26(3,4)5)16-24(37)32-44(40,41)21-13-11-20(12-14-21)35-22(15-23(31-35)27(28,29)30)19-9-7-18(2)8-10-19/h7-15H,6,16-17H2,1-5H3,(H,32,37). The molecule has 0 bridgehead atoms. The molecule has 0 unspecified atom stereocenters. The minimum absolute atomic E-state index is 0.0760. The number of carbonyl (C=O) groups excluding carboxylic acids is 2. The SMILES string of the molecule is CCC(=O)OCON=[N+]([O-])N(CC(=O)NS(=O)(=O)c1ccc(-n2nc(C(F)(F)F)cc2-c2ccc(C)cc2)cc1)C(C)(C)C. The molecule has 238 valence electrons. The molecule has 17 heteroatoms. The van der Waals surface area contributed by atoms with Crippen LogP contribution in [0.15, 0.2) is 64.8 Å². The summed E-state index contributed by atoms with van der Waals surface area (Å²) < 4.78 is 73.9. The molecule has 0 saturated carbocycles. The van der Waals surface area contributed by atoms with Crippen molar-refractivity contribution in [1.29, 1.82) is 0 Å². The minimum Gasteiger partial charge on any atom is -0.569 e. The van der Waals surface area contributed by atoms with Gasteiger partial charge in [0.05, 0.1) is 26.8 Å². The van der Waals surface area contributed by atoms with E-state index in [9.17, 15) is 36.4 Å². The molecule has 1 N–H and O–H groups in total. The second-order valence-electron chi connectivity index (χ2n) is 10.4. The summed E-state index contributed by atoms with van der Waals surface area (Å²) in [5.74, 6) is -1.69. The third-order valence-electron chi connectivity index (χ3n) is 5.95. The molecule has 0 aliphatic carbocycles. The van der Waals surface area contributed by atoms with Crippen molar-refractivity contribution in [2.75, 3.05) is 13.3 Å². The molecule has 13 nitrogen and oxygen atoms in total. The highest BCUT2D eigenvalue weighted by Crippen LogP contribution is 2.33. The first kappa shape index (κ1) is 33.8. The van der Waals surface area contributed by atoms with Crippen LogP contribution in [0.1, 0.15) is 45.4 Å². The molecule has 0 fully saturated rings. The monoisotopic (exact) mass is 640 g/mol. The smallest absolute Gasteiger partial charge is 0.435 e. The van der Waals surface area contributed by atoms with Gasteiger partial charge in [-0.05, 0) is 58.0 Å². The number of benzene rings is 2. The molecule has 2 aromatic carbocycles. The van der Waals surface area contributed by atoms with Crippen LogP contribution < -0.4 is 4.72 Å². The van der Waals surface area contributed by atoms with Gasteiger partial charge in [0.2, 0.25) is 5.28 Å². The number of hydrazine groups is 1. The zero-order chi connectivity index (χ0) is 32.9. The number of halogens is 3. The lowest BCUT2D eigenvalue weighted by atomic mass is 10.1. The fraction of sp³-hybridized carbons (Fsp3) is 0.370. The molecular weight excluding hydrogens is 609 g/mol. The summed E-state index contributed by atoms with van der Waals surface area (Å²) in [6, 6.07) is 12.3. The lowest BCUT2D eigenvalue weighted by Crippen LogP contribution is -2.51. The fourth-order valence-corrected chi connectivity index (χ4v) is 4.63. The second kappa shape index (κ2) is 13.3. The number of carbonyl (C=O) groups is 2. The molecule has 0 aliphatic rings. The van der Waals surface area contributed by atoms with Gasteiger partial charge in [-0.2, -0.15) is 18.3 Å². The number of aromatic nitrogens is 2. The number of ether oxygens (including phenoxy) is 1. The van der Waals surface area contributed by atoms with Gasteiger partial charge in [0.25, 0.3) is 22.7 Å². The molecule has 0 atom stereocenters. The Balaban J connectivity index is 1.80.